The molecule has 0 radical (unpaired) electrons. The van der Waals surface area contributed by atoms with Gasteiger partial charge in [0.1, 0.15) is 5.82 Å². The zero-order valence-electron chi connectivity index (χ0n) is 15.5. The summed E-state index contributed by atoms with van der Waals surface area (Å²) in [5.74, 6) is 0.782. The van der Waals surface area contributed by atoms with Crippen molar-refractivity contribution in [2.24, 2.45) is 0 Å². The first-order valence-corrected chi connectivity index (χ1v) is 10.9. The lowest BCUT2D eigenvalue weighted by atomic mass is 10.1. The monoisotopic (exact) mass is 385 g/mol. The predicted molar refractivity (Wildman–Crippen MR) is 106 cm³/mol. The van der Waals surface area contributed by atoms with Crippen molar-refractivity contribution in [3.63, 3.8) is 0 Å². The molecular weight excluding hydrogens is 362 g/mol. The number of imidazole rings is 1. The Labute approximate surface area is 159 Å². The average Bonchev–Trinajstić information content (AvgIpc) is 2.93. The average molecular weight is 385 g/mol. The van der Waals surface area contributed by atoms with E-state index in [9.17, 15) is 13.2 Å². The van der Waals surface area contributed by atoms with Gasteiger partial charge in [-0.05, 0) is 43.2 Å². The summed E-state index contributed by atoms with van der Waals surface area (Å²) < 4.78 is 24.8. The van der Waals surface area contributed by atoms with E-state index in [1.807, 2.05) is 31.2 Å². The number of nitrogens with zero attached hydrogens (tertiary/aromatic N) is 2. The van der Waals surface area contributed by atoms with Gasteiger partial charge in [-0.15, -0.1) is 0 Å². The summed E-state index contributed by atoms with van der Waals surface area (Å²) in [5, 5.41) is 2.91. The van der Waals surface area contributed by atoms with Gasteiger partial charge in [0.15, 0.2) is 9.84 Å². The van der Waals surface area contributed by atoms with Crippen LogP contribution in [0.2, 0.25) is 0 Å². The number of nitrogens with one attached hydrogen (secondary N) is 1. The van der Waals surface area contributed by atoms with Crippen molar-refractivity contribution >= 4 is 26.8 Å². The zero-order chi connectivity index (χ0) is 19.4. The van der Waals surface area contributed by atoms with Crippen molar-refractivity contribution in [2.75, 3.05) is 12.8 Å². The van der Waals surface area contributed by atoms with Crippen LogP contribution in [-0.2, 0) is 22.1 Å². The van der Waals surface area contributed by atoms with Crippen LogP contribution in [-0.4, -0.2) is 36.7 Å². The van der Waals surface area contributed by atoms with Crippen LogP contribution in [0.15, 0.2) is 48.5 Å². The first-order valence-electron chi connectivity index (χ1n) is 8.80. The highest BCUT2D eigenvalue weighted by atomic mass is 32.2. The highest BCUT2D eigenvalue weighted by Gasteiger charge is 2.09. The van der Waals surface area contributed by atoms with E-state index < -0.39 is 9.84 Å². The van der Waals surface area contributed by atoms with E-state index in [0.717, 1.165) is 29.8 Å². The van der Waals surface area contributed by atoms with Gasteiger partial charge in [-0.1, -0.05) is 24.3 Å². The van der Waals surface area contributed by atoms with Gasteiger partial charge in [0.05, 0.1) is 16.8 Å². The van der Waals surface area contributed by atoms with Crippen LogP contribution >= 0.6 is 0 Å². The number of hydrogen-bond acceptors (Lipinski definition) is 4. The minimum atomic E-state index is -3.08. The van der Waals surface area contributed by atoms with Crippen LogP contribution in [0.1, 0.15) is 28.2 Å². The largest absolute Gasteiger partial charge is 0.352 e. The van der Waals surface area contributed by atoms with Gasteiger partial charge >= 0.3 is 0 Å². The molecule has 0 aliphatic rings. The van der Waals surface area contributed by atoms with Crippen molar-refractivity contribution in [3.05, 3.63) is 65.5 Å². The van der Waals surface area contributed by atoms with Crippen LogP contribution in [0.3, 0.4) is 0 Å². The molecule has 0 atom stereocenters. The van der Waals surface area contributed by atoms with E-state index >= 15 is 0 Å². The van der Waals surface area contributed by atoms with Crippen molar-refractivity contribution in [2.45, 2.75) is 25.6 Å². The molecule has 0 fully saturated rings. The molecule has 1 heterocycles. The second kappa shape index (κ2) is 7.92. The highest BCUT2D eigenvalue weighted by Crippen LogP contribution is 2.15. The van der Waals surface area contributed by atoms with Crippen LogP contribution in [0.25, 0.3) is 11.0 Å². The van der Waals surface area contributed by atoms with E-state index in [-0.39, 0.29) is 11.7 Å². The second-order valence-corrected chi connectivity index (χ2v) is 8.82. The van der Waals surface area contributed by atoms with Crippen molar-refractivity contribution in [3.8, 4) is 0 Å². The first kappa shape index (κ1) is 19.1. The smallest absolute Gasteiger partial charge is 0.251 e. The summed E-state index contributed by atoms with van der Waals surface area (Å²) in [6.45, 7) is 3.31. The number of sulfone groups is 1. The maximum atomic E-state index is 12.2. The van der Waals surface area contributed by atoms with Crippen LogP contribution < -0.4 is 5.32 Å². The molecule has 2 aromatic carbocycles. The maximum absolute atomic E-state index is 12.2. The molecule has 0 aliphatic heterocycles. The number of aryl methyl sites for hydroxylation is 2. The Morgan fingerprint density at radius 3 is 2.52 bits per heavy atom. The Morgan fingerprint density at radius 2 is 1.81 bits per heavy atom. The minimum Gasteiger partial charge on any atom is -0.352 e. The molecule has 3 rings (SSSR count). The lowest BCUT2D eigenvalue weighted by Crippen LogP contribution is -2.25. The molecule has 142 valence electrons. The molecule has 0 spiro atoms. The topological polar surface area (TPSA) is 81.1 Å². The number of fused-ring (bicyclic) bond motifs is 1. The summed E-state index contributed by atoms with van der Waals surface area (Å²) in [6, 6.07) is 14.7. The normalized spacial score (nSPS) is 11.6. The van der Waals surface area contributed by atoms with Gasteiger partial charge in [0.25, 0.3) is 5.91 Å². The molecule has 27 heavy (non-hydrogen) atoms. The third-order valence-electron chi connectivity index (χ3n) is 4.33. The van der Waals surface area contributed by atoms with E-state index in [1.165, 1.54) is 6.26 Å². The van der Waals surface area contributed by atoms with E-state index in [2.05, 4.69) is 14.9 Å². The highest BCUT2D eigenvalue weighted by molar-refractivity contribution is 7.89. The lowest BCUT2D eigenvalue weighted by Gasteiger charge is -2.09. The van der Waals surface area contributed by atoms with Gasteiger partial charge < -0.3 is 9.88 Å². The summed E-state index contributed by atoms with van der Waals surface area (Å²) in [4.78, 5) is 16.8. The Bertz CT molecular complexity index is 1050. The third-order valence-corrected chi connectivity index (χ3v) is 5.19. The number of amides is 1. The summed E-state index contributed by atoms with van der Waals surface area (Å²) in [5.41, 5.74) is 3.28. The number of carbonyl (C=O) groups excluding carboxylic acids is 1. The molecule has 1 aromatic heterocycles. The summed E-state index contributed by atoms with van der Waals surface area (Å²) in [7, 11) is -3.08. The third kappa shape index (κ3) is 4.95. The fourth-order valence-electron chi connectivity index (χ4n) is 3.07. The number of benzene rings is 2. The number of hydrogen-bond donors (Lipinski definition) is 1. The lowest BCUT2D eigenvalue weighted by molar-refractivity contribution is 0.0953. The number of rotatable bonds is 7. The van der Waals surface area contributed by atoms with Gasteiger partial charge in [-0.2, -0.15) is 0 Å². The Morgan fingerprint density at radius 1 is 1.11 bits per heavy atom. The van der Waals surface area contributed by atoms with Gasteiger partial charge in [0, 0.05) is 24.9 Å². The zero-order valence-corrected chi connectivity index (χ0v) is 16.3. The minimum absolute atomic E-state index is 0.0207. The van der Waals surface area contributed by atoms with Crippen molar-refractivity contribution in [1.82, 2.24) is 14.9 Å². The molecule has 0 saturated carbocycles. The van der Waals surface area contributed by atoms with E-state index in [0.29, 0.717) is 17.7 Å². The van der Waals surface area contributed by atoms with Crippen LogP contribution in [0, 0.1) is 6.92 Å². The second-order valence-electron chi connectivity index (χ2n) is 6.68. The van der Waals surface area contributed by atoms with E-state index in [1.54, 1.807) is 24.3 Å². The predicted octanol–water partition coefficient (Wildman–Crippen LogP) is 2.71. The summed E-state index contributed by atoms with van der Waals surface area (Å²) >= 11 is 0. The molecule has 6 nitrogen and oxygen atoms in total. The molecular formula is C20H23N3O3S. The Balaban J connectivity index is 1.53. The van der Waals surface area contributed by atoms with Crippen LogP contribution in [0.5, 0.6) is 0 Å². The molecule has 1 N–H and O–H groups in total. The standard InChI is InChI=1S/C20H23N3O3S/c1-15-22-18-6-3-4-7-19(18)23(15)13-5-12-21-20(24)17-10-8-16(9-11-17)14-27(2,25)26/h3-4,6-11H,5,12-14H2,1-2H3,(H,21,24). The molecule has 0 aliphatic carbocycles. The fourth-order valence-corrected chi connectivity index (χ4v) is 3.87. The Kier molecular flexibility index (Phi) is 5.60. The van der Waals surface area contributed by atoms with Gasteiger partial charge in [0.2, 0.25) is 0 Å². The van der Waals surface area contributed by atoms with Gasteiger partial charge in [-0.3, -0.25) is 4.79 Å². The van der Waals surface area contributed by atoms with Crippen LogP contribution in [0.4, 0.5) is 0 Å². The molecule has 3 aromatic rings. The molecule has 1 amide bonds. The van der Waals surface area contributed by atoms with Gasteiger partial charge in [-0.25, -0.2) is 13.4 Å². The number of para-hydroxylation sites is 2. The number of aromatic nitrogens is 2. The maximum Gasteiger partial charge on any atom is 0.251 e. The quantitative estimate of drug-likeness (QED) is 0.634. The Hall–Kier alpha value is -2.67. The van der Waals surface area contributed by atoms with E-state index in [4.69, 9.17) is 0 Å². The molecule has 7 heteroatoms. The SMILES string of the molecule is Cc1nc2ccccc2n1CCCNC(=O)c1ccc(CS(C)(=O)=O)cc1. The fraction of sp³-hybridized carbons (Fsp3) is 0.300. The summed E-state index contributed by atoms with van der Waals surface area (Å²) in [6.07, 6.45) is 1.98. The van der Waals surface area contributed by atoms with Crippen molar-refractivity contribution in [1.29, 1.82) is 0 Å². The molecule has 0 bridgehead atoms. The first-order chi connectivity index (χ1) is 12.8. The van der Waals surface area contributed by atoms with Crippen molar-refractivity contribution < 1.29 is 13.2 Å². The molecule has 0 saturated heterocycles. The number of carbonyl (C=O) groups is 1. The molecule has 0 unspecified atom stereocenters.